The molecule has 0 aliphatic heterocycles. The van der Waals surface area contributed by atoms with Crippen LogP contribution in [0.3, 0.4) is 0 Å². The van der Waals surface area contributed by atoms with Gasteiger partial charge in [-0.05, 0) is 29.5 Å². The quantitative estimate of drug-likeness (QED) is 0.836. The first-order valence-electron chi connectivity index (χ1n) is 5.60. The van der Waals surface area contributed by atoms with E-state index in [9.17, 15) is 4.79 Å². The number of hydrogen-bond donors (Lipinski definition) is 1. The van der Waals surface area contributed by atoms with E-state index in [4.69, 9.17) is 11.6 Å². The molecule has 1 aromatic heterocycles. The molecule has 0 fully saturated rings. The number of tetrazole rings is 1. The summed E-state index contributed by atoms with van der Waals surface area (Å²) in [6.07, 6.45) is 1.60. The summed E-state index contributed by atoms with van der Waals surface area (Å²) in [7, 11) is 0. The molecule has 0 aliphatic rings. The summed E-state index contributed by atoms with van der Waals surface area (Å²) in [5.41, 5.74) is 0.794. The second-order valence-corrected chi connectivity index (χ2v) is 4.18. The Hall–Kier alpha value is -2.21. The van der Waals surface area contributed by atoms with Crippen molar-refractivity contribution >= 4 is 17.5 Å². The predicted octanol–water partition coefficient (Wildman–Crippen LogP) is 1.30. The third kappa shape index (κ3) is 3.62. The number of nitrogens with zero attached hydrogens (tertiary/aromatic N) is 4. The summed E-state index contributed by atoms with van der Waals surface area (Å²) in [6.45, 7) is 3.95. The lowest BCUT2D eigenvalue weighted by Gasteiger charge is -1.99. The van der Waals surface area contributed by atoms with E-state index in [0.717, 1.165) is 5.56 Å². The summed E-state index contributed by atoms with van der Waals surface area (Å²) in [5, 5.41) is 15.1. The van der Waals surface area contributed by atoms with Crippen LogP contribution in [0.2, 0.25) is 5.02 Å². The minimum atomic E-state index is -0.194. The third-order valence-electron chi connectivity index (χ3n) is 2.28. The van der Waals surface area contributed by atoms with Crippen molar-refractivity contribution in [1.82, 2.24) is 25.5 Å². The Morgan fingerprint density at radius 2 is 2.16 bits per heavy atom. The van der Waals surface area contributed by atoms with E-state index in [-0.39, 0.29) is 12.5 Å². The molecule has 19 heavy (non-hydrogen) atoms. The van der Waals surface area contributed by atoms with E-state index in [1.165, 1.54) is 4.80 Å². The van der Waals surface area contributed by atoms with Crippen molar-refractivity contribution in [3.63, 3.8) is 0 Å². The Bertz CT molecular complexity index is 578. The summed E-state index contributed by atoms with van der Waals surface area (Å²) >= 11 is 5.80. The minimum absolute atomic E-state index is 0.0223. The van der Waals surface area contributed by atoms with E-state index < -0.39 is 0 Å². The zero-order chi connectivity index (χ0) is 13.7. The summed E-state index contributed by atoms with van der Waals surface area (Å²) in [4.78, 5) is 12.7. The van der Waals surface area contributed by atoms with Gasteiger partial charge in [0.25, 0.3) is 0 Å². The zero-order valence-corrected chi connectivity index (χ0v) is 10.8. The highest BCUT2D eigenvalue weighted by Gasteiger charge is 2.08. The molecule has 98 valence electrons. The van der Waals surface area contributed by atoms with Gasteiger partial charge < -0.3 is 5.32 Å². The Morgan fingerprint density at radius 3 is 2.84 bits per heavy atom. The van der Waals surface area contributed by atoms with Gasteiger partial charge in [0, 0.05) is 17.1 Å². The molecule has 0 spiro atoms. The maximum atomic E-state index is 11.5. The third-order valence-corrected chi connectivity index (χ3v) is 2.54. The fourth-order valence-corrected chi connectivity index (χ4v) is 1.52. The van der Waals surface area contributed by atoms with Crippen LogP contribution in [0.1, 0.15) is 0 Å². The van der Waals surface area contributed by atoms with Crippen LogP contribution in [0, 0.1) is 0 Å². The largest absolute Gasteiger partial charge is 0.351 e. The van der Waals surface area contributed by atoms with Crippen LogP contribution in [0.15, 0.2) is 36.9 Å². The highest BCUT2D eigenvalue weighted by atomic mass is 35.5. The lowest BCUT2D eigenvalue weighted by atomic mass is 10.2. The Kier molecular flexibility index (Phi) is 4.25. The van der Waals surface area contributed by atoms with Crippen molar-refractivity contribution in [1.29, 1.82) is 0 Å². The van der Waals surface area contributed by atoms with Crippen LogP contribution in [-0.4, -0.2) is 32.7 Å². The summed E-state index contributed by atoms with van der Waals surface area (Å²) in [6, 6.07) is 7.08. The SMILES string of the molecule is C=CCNC(=O)Cn1nnc(-c2ccc(Cl)cc2)n1. The van der Waals surface area contributed by atoms with Crippen molar-refractivity contribution in [3.8, 4) is 11.4 Å². The molecule has 0 radical (unpaired) electrons. The van der Waals surface area contributed by atoms with E-state index in [2.05, 4.69) is 27.3 Å². The molecule has 1 N–H and O–H groups in total. The second-order valence-electron chi connectivity index (χ2n) is 3.74. The average Bonchev–Trinajstić information content (AvgIpc) is 2.85. The standard InChI is InChI=1S/C12H12ClN5O/c1-2-7-14-11(19)8-18-16-12(15-17-18)9-3-5-10(13)6-4-9/h2-6H,1,7-8H2,(H,14,19). The summed E-state index contributed by atoms with van der Waals surface area (Å²) < 4.78 is 0. The average molecular weight is 278 g/mol. The van der Waals surface area contributed by atoms with Gasteiger partial charge in [0.1, 0.15) is 6.54 Å². The van der Waals surface area contributed by atoms with Gasteiger partial charge in [0.05, 0.1) is 0 Å². The van der Waals surface area contributed by atoms with Crippen molar-refractivity contribution in [3.05, 3.63) is 41.9 Å². The molecule has 0 aliphatic carbocycles. The molecule has 1 aromatic carbocycles. The first-order valence-corrected chi connectivity index (χ1v) is 5.98. The van der Waals surface area contributed by atoms with Gasteiger partial charge in [0.15, 0.2) is 0 Å². The molecule has 0 saturated heterocycles. The number of halogens is 1. The molecule has 0 atom stereocenters. The van der Waals surface area contributed by atoms with Crippen molar-refractivity contribution in [2.45, 2.75) is 6.54 Å². The number of aromatic nitrogens is 4. The van der Waals surface area contributed by atoms with Gasteiger partial charge in [-0.3, -0.25) is 4.79 Å². The number of carbonyl (C=O) groups excluding carboxylic acids is 1. The minimum Gasteiger partial charge on any atom is -0.351 e. The van der Waals surface area contributed by atoms with Gasteiger partial charge in [-0.25, -0.2) is 0 Å². The highest BCUT2D eigenvalue weighted by molar-refractivity contribution is 6.30. The molecule has 6 nitrogen and oxygen atoms in total. The van der Waals surface area contributed by atoms with Gasteiger partial charge in [-0.15, -0.1) is 16.8 Å². The molecular formula is C12H12ClN5O. The zero-order valence-electron chi connectivity index (χ0n) is 10.1. The fraction of sp³-hybridized carbons (Fsp3) is 0.167. The molecular weight excluding hydrogens is 266 g/mol. The Labute approximate surface area is 115 Å². The molecule has 0 unspecified atom stereocenters. The first-order chi connectivity index (χ1) is 9.19. The molecule has 1 amide bonds. The number of benzene rings is 1. The number of amides is 1. The molecule has 1 heterocycles. The Balaban J connectivity index is 2.04. The van der Waals surface area contributed by atoms with Gasteiger partial charge in [0.2, 0.25) is 11.7 Å². The molecule has 2 aromatic rings. The van der Waals surface area contributed by atoms with Gasteiger partial charge in [-0.1, -0.05) is 17.7 Å². The lowest BCUT2D eigenvalue weighted by molar-refractivity contribution is -0.121. The van der Waals surface area contributed by atoms with Crippen LogP contribution in [0.25, 0.3) is 11.4 Å². The normalized spacial score (nSPS) is 10.2. The van der Waals surface area contributed by atoms with E-state index >= 15 is 0 Å². The van der Waals surface area contributed by atoms with Crippen molar-refractivity contribution in [2.24, 2.45) is 0 Å². The van der Waals surface area contributed by atoms with Gasteiger partial charge in [-0.2, -0.15) is 4.80 Å². The van der Waals surface area contributed by atoms with E-state index in [0.29, 0.717) is 17.4 Å². The number of rotatable bonds is 5. The Morgan fingerprint density at radius 1 is 1.42 bits per heavy atom. The van der Waals surface area contributed by atoms with Crippen LogP contribution in [0.5, 0.6) is 0 Å². The fourth-order valence-electron chi connectivity index (χ4n) is 1.40. The number of carbonyl (C=O) groups is 1. The number of nitrogens with one attached hydrogen (secondary N) is 1. The van der Waals surface area contributed by atoms with Crippen LogP contribution >= 0.6 is 11.6 Å². The maximum absolute atomic E-state index is 11.5. The molecule has 0 bridgehead atoms. The topological polar surface area (TPSA) is 72.7 Å². The van der Waals surface area contributed by atoms with Crippen LogP contribution < -0.4 is 5.32 Å². The smallest absolute Gasteiger partial charge is 0.243 e. The van der Waals surface area contributed by atoms with E-state index in [1.54, 1.807) is 30.3 Å². The van der Waals surface area contributed by atoms with Gasteiger partial charge >= 0.3 is 0 Å². The number of hydrogen-bond acceptors (Lipinski definition) is 4. The van der Waals surface area contributed by atoms with E-state index in [1.807, 2.05) is 0 Å². The van der Waals surface area contributed by atoms with Crippen LogP contribution in [0.4, 0.5) is 0 Å². The molecule has 0 saturated carbocycles. The molecule has 7 heteroatoms. The first kappa shape index (κ1) is 13.2. The predicted molar refractivity (Wildman–Crippen MR) is 71.5 cm³/mol. The van der Waals surface area contributed by atoms with Crippen molar-refractivity contribution < 1.29 is 4.79 Å². The lowest BCUT2D eigenvalue weighted by Crippen LogP contribution is -2.28. The highest BCUT2D eigenvalue weighted by Crippen LogP contribution is 2.16. The second kappa shape index (κ2) is 6.10. The maximum Gasteiger partial charge on any atom is 0.243 e. The monoisotopic (exact) mass is 277 g/mol. The summed E-state index contributed by atoms with van der Waals surface area (Å²) in [5.74, 6) is 0.258. The van der Waals surface area contributed by atoms with Crippen LogP contribution in [-0.2, 0) is 11.3 Å². The molecule has 2 rings (SSSR count). The van der Waals surface area contributed by atoms with Crippen molar-refractivity contribution in [2.75, 3.05) is 6.54 Å².